The number of aromatic nitrogens is 2. The molecule has 28 heavy (non-hydrogen) atoms. The number of hydrogen-bond donors (Lipinski definition) is 1. The number of benzene rings is 1. The molecule has 2 heterocycles. The molecule has 7 nitrogen and oxygen atoms in total. The molecule has 152 valence electrons. The van der Waals surface area contributed by atoms with Crippen molar-refractivity contribution in [3.05, 3.63) is 42.2 Å². The van der Waals surface area contributed by atoms with Gasteiger partial charge in [0.25, 0.3) is 0 Å². The summed E-state index contributed by atoms with van der Waals surface area (Å²) in [5.41, 5.74) is 0.990. The molecular formula is C20H29N5O2S. The zero-order valence-corrected chi connectivity index (χ0v) is 17.6. The van der Waals surface area contributed by atoms with Crippen LogP contribution in [0.2, 0.25) is 0 Å². The molecule has 0 atom stereocenters. The van der Waals surface area contributed by atoms with Crippen LogP contribution in [0.25, 0.3) is 0 Å². The van der Waals surface area contributed by atoms with Crippen molar-refractivity contribution < 1.29 is 8.42 Å². The van der Waals surface area contributed by atoms with Crippen LogP contribution in [0, 0.1) is 0 Å². The lowest BCUT2D eigenvalue weighted by Gasteiger charge is -2.27. The fraction of sp³-hybridized carbons (Fsp3) is 0.500. The smallest absolute Gasteiger partial charge is 0.243 e. The molecule has 1 aromatic heterocycles. The topological polar surface area (TPSA) is 78.4 Å². The molecule has 1 fully saturated rings. The van der Waals surface area contributed by atoms with Gasteiger partial charge in [-0.25, -0.2) is 18.4 Å². The van der Waals surface area contributed by atoms with E-state index in [1.54, 1.807) is 25.5 Å². The number of piperidine rings is 1. The normalized spacial score (nSPS) is 15.2. The molecule has 8 heteroatoms. The van der Waals surface area contributed by atoms with E-state index in [0.717, 1.165) is 30.3 Å². The van der Waals surface area contributed by atoms with Gasteiger partial charge >= 0.3 is 0 Å². The van der Waals surface area contributed by atoms with E-state index < -0.39 is 10.0 Å². The zero-order valence-electron chi connectivity index (χ0n) is 16.8. The molecule has 0 radical (unpaired) electrons. The highest BCUT2D eigenvalue weighted by Crippen LogP contribution is 2.20. The van der Waals surface area contributed by atoms with Crippen molar-refractivity contribution in [2.45, 2.75) is 50.6 Å². The fourth-order valence-electron chi connectivity index (χ4n) is 3.16. The average molecular weight is 404 g/mol. The summed E-state index contributed by atoms with van der Waals surface area (Å²) in [6, 6.07) is 8.87. The summed E-state index contributed by atoms with van der Waals surface area (Å²) in [6.07, 6.45) is 5.27. The number of anilines is 2. The molecular weight excluding hydrogens is 374 g/mol. The van der Waals surface area contributed by atoms with Crippen molar-refractivity contribution >= 4 is 21.7 Å². The molecule has 1 aliphatic rings. The minimum Gasteiger partial charge on any atom is -0.366 e. The van der Waals surface area contributed by atoms with Crippen LogP contribution >= 0.6 is 0 Å². The van der Waals surface area contributed by atoms with Crippen LogP contribution in [-0.2, 0) is 16.6 Å². The van der Waals surface area contributed by atoms with E-state index >= 15 is 0 Å². The van der Waals surface area contributed by atoms with Gasteiger partial charge in [0.05, 0.1) is 4.90 Å². The number of rotatable bonds is 7. The lowest BCUT2D eigenvalue weighted by molar-refractivity contribution is 0.410. The highest BCUT2D eigenvalue weighted by molar-refractivity contribution is 7.89. The predicted molar refractivity (Wildman–Crippen MR) is 112 cm³/mol. The van der Waals surface area contributed by atoms with Gasteiger partial charge in [-0.2, -0.15) is 4.31 Å². The van der Waals surface area contributed by atoms with Gasteiger partial charge in [-0.05, 0) is 50.8 Å². The zero-order chi connectivity index (χ0) is 20.1. The van der Waals surface area contributed by atoms with E-state index in [0.29, 0.717) is 11.4 Å². The Morgan fingerprint density at radius 3 is 2.43 bits per heavy atom. The Hall–Kier alpha value is -2.19. The van der Waals surface area contributed by atoms with Gasteiger partial charge in [-0.3, -0.25) is 0 Å². The lowest BCUT2D eigenvalue weighted by atomic mass is 10.1. The monoisotopic (exact) mass is 403 g/mol. The number of hydrogen-bond acceptors (Lipinski definition) is 6. The van der Waals surface area contributed by atoms with Crippen LogP contribution in [0.1, 0.15) is 38.7 Å². The summed E-state index contributed by atoms with van der Waals surface area (Å²) < 4.78 is 26.5. The third-order valence-electron chi connectivity index (χ3n) is 5.13. The molecule has 0 bridgehead atoms. The maximum Gasteiger partial charge on any atom is 0.243 e. The Bertz CT molecular complexity index is 878. The van der Waals surface area contributed by atoms with Gasteiger partial charge in [0, 0.05) is 38.8 Å². The third-order valence-corrected chi connectivity index (χ3v) is 7.18. The first-order valence-electron chi connectivity index (χ1n) is 9.76. The molecule has 3 rings (SSSR count). The first-order valence-corrected chi connectivity index (χ1v) is 11.2. The summed E-state index contributed by atoms with van der Waals surface area (Å²) in [6.45, 7) is 6.36. The Morgan fingerprint density at radius 1 is 1.11 bits per heavy atom. The fourth-order valence-corrected chi connectivity index (χ4v) is 4.52. The van der Waals surface area contributed by atoms with Crippen LogP contribution in [0.3, 0.4) is 0 Å². The minimum atomic E-state index is -3.45. The highest BCUT2D eigenvalue weighted by atomic mass is 32.2. The predicted octanol–water partition coefficient (Wildman–Crippen LogP) is 3.11. The number of sulfonamides is 1. The van der Waals surface area contributed by atoms with Crippen molar-refractivity contribution in [3.63, 3.8) is 0 Å². The molecule has 1 N–H and O–H groups in total. The maximum absolute atomic E-state index is 12.5. The highest BCUT2D eigenvalue weighted by Gasteiger charge is 2.22. The third kappa shape index (κ3) is 4.80. The summed E-state index contributed by atoms with van der Waals surface area (Å²) in [5, 5.41) is 3.30. The Morgan fingerprint density at radius 2 is 1.79 bits per heavy atom. The second-order valence-corrected chi connectivity index (χ2v) is 9.42. The minimum absolute atomic E-state index is 0.0850. The van der Waals surface area contributed by atoms with E-state index in [4.69, 9.17) is 0 Å². The molecule has 1 saturated heterocycles. The molecule has 0 spiro atoms. The molecule has 2 aromatic rings. The number of nitrogens with one attached hydrogen (secondary N) is 1. The van der Waals surface area contributed by atoms with E-state index in [2.05, 4.69) is 20.2 Å². The van der Waals surface area contributed by atoms with E-state index in [1.165, 1.54) is 23.6 Å². The van der Waals surface area contributed by atoms with Gasteiger partial charge < -0.3 is 10.2 Å². The largest absolute Gasteiger partial charge is 0.366 e. The molecule has 0 amide bonds. The Kier molecular flexibility index (Phi) is 6.51. The maximum atomic E-state index is 12.5. The standard InChI is InChI=1S/C20H29N5O2S/c1-16(2)24(3)28(26,27)18-9-7-17(8-10-18)14-21-19-13-20(23-15-22-19)25-11-5-4-6-12-25/h7-10,13,15-16H,4-6,11-12,14H2,1-3H3,(H,21,22,23). The van der Waals surface area contributed by atoms with Crippen molar-refractivity contribution in [3.8, 4) is 0 Å². The molecule has 0 saturated carbocycles. The summed E-state index contributed by atoms with van der Waals surface area (Å²) in [7, 11) is -1.85. The van der Waals surface area contributed by atoms with Crippen molar-refractivity contribution in [1.82, 2.24) is 14.3 Å². The van der Waals surface area contributed by atoms with E-state index in [1.807, 2.05) is 32.0 Å². The van der Waals surface area contributed by atoms with Crippen LogP contribution in [-0.4, -0.2) is 48.9 Å². The lowest BCUT2D eigenvalue weighted by Crippen LogP contribution is -2.33. The van der Waals surface area contributed by atoms with Gasteiger partial charge in [0.2, 0.25) is 10.0 Å². The summed E-state index contributed by atoms with van der Waals surface area (Å²) in [5.74, 6) is 1.72. The second kappa shape index (κ2) is 8.87. The number of nitrogens with zero attached hydrogens (tertiary/aromatic N) is 4. The van der Waals surface area contributed by atoms with Crippen LogP contribution in [0.15, 0.2) is 41.6 Å². The van der Waals surface area contributed by atoms with Gasteiger partial charge in [-0.15, -0.1) is 0 Å². The van der Waals surface area contributed by atoms with Crippen molar-refractivity contribution in [1.29, 1.82) is 0 Å². The summed E-state index contributed by atoms with van der Waals surface area (Å²) in [4.78, 5) is 11.3. The molecule has 0 aliphatic carbocycles. The van der Waals surface area contributed by atoms with Crippen molar-refractivity contribution in [2.24, 2.45) is 0 Å². The van der Waals surface area contributed by atoms with Crippen molar-refractivity contribution in [2.75, 3.05) is 30.4 Å². The van der Waals surface area contributed by atoms with E-state index in [-0.39, 0.29) is 6.04 Å². The van der Waals surface area contributed by atoms with Crippen LogP contribution in [0.4, 0.5) is 11.6 Å². The van der Waals surface area contributed by atoms with Crippen LogP contribution in [0.5, 0.6) is 0 Å². The molecule has 1 aromatic carbocycles. The Balaban J connectivity index is 1.64. The SMILES string of the molecule is CC(C)N(C)S(=O)(=O)c1ccc(CNc2cc(N3CCCCC3)ncn2)cc1. The second-order valence-electron chi connectivity index (χ2n) is 7.42. The van der Waals surface area contributed by atoms with Crippen LogP contribution < -0.4 is 10.2 Å². The molecule has 0 unspecified atom stereocenters. The van der Waals surface area contributed by atoms with Gasteiger partial charge in [0.15, 0.2) is 0 Å². The van der Waals surface area contributed by atoms with Gasteiger partial charge in [-0.1, -0.05) is 12.1 Å². The Labute approximate surface area is 167 Å². The van der Waals surface area contributed by atoms with Gasteiger partial charge in [0.1, 0.15) is 18.0 Å². The average Bonchev–Trinajstić information content (AvgIpc) is 2.72. The summed E-state index contributed by atoms with van der Waals surface area (Å²) >= 11 is 0. The first kappa shape index (κ1) is 20.5. The quantitative estimate of drug-likeness (QED) is 0.765. The first-order chi connectivity index (χ1) is 13.4. The van der Waals surface area contributed by atoms with E-state index in [9.17, 15) is 8.42 Å². The molecule has 1 aliphatic heterocycles.